The van der Waals surface area contributed by atoms with Crippen LogP contribution in [0.3, 0.4) is 0 Å². The number of nitrogens with two attached hydrogens (primary N) is 1. The van der Waals surface area contributed by atoms with Crippen molar-refractivity contribution in [2.24, 2.45) is 5.92 Å². The Morgan fingerprint density at radius 3 is 2.74 bits per heavy atom. The number of hydrogen-bond acceptors (Lipinski definition) is 4. The van der Waals surface area contributed by atoms with Gasteiger partial charge in [-0.15, -0.1) is 5.10 Å². The molecule has 1 aromatic heterocycles. The number of rotatable bonds is 3. The molecule has 1 aromatic carbocycles. The molecule has 1 fully saturated rings. The lowest BCUT2D eigenvalue weighted by Crippen LogP contribution is -2.30. The maximum Gasteiger partial charge on any atom is 0.182 e. The van der Waals surface area contributed by atoms with Gasteiger partial charge in [0.05, 0.1) is 11.2 Å². The average molecular weight is 261 g/mol. The molecule has 0 spiro atoms. The fourth-order valence-corrected chi connectivity index (χ4v) is 2.38. The molecule has 0 amide bonds. The first-order chi connectivity index (χ1) is 9.00. The van der Waals surface area contributed by atoms with E-state index in [4.69, 9.17) is 5.73 Å². The Bertz CT molecular complexity index is 615. The second-order valence-electron chi connectivity index (χ2n) is 5.58. The van der Waals surface area contributed by atoms with Crippen LogP contribution in [0.1, 0.15) is 26.7 Å². The van der Waals surface area contributed by atoms with Gasteiger partial charge in [0.2, 0.25) is 0 Å². The zero-order valence-corrected chi connectivity index (χ0v) is 11.0. The van der Waals surface area contributed by atoms with Crippen LogP contribution in [-0.4, -0.2) is 20.2 Å². The Hall–Kier alpha value is -1.98. The third-order valence-electron chi connectivity index (χ3n) is 3.85. The van der Waals surface area contributed by atoms with Crippen molar-refractivity contribution in [3.63, 3.8) is 0 Å². The lowest BCUT2D eigenvalue weighted by atomic mass is 9.98. The number of tetrazole rings is 1. The van der Waals surface area contributed by atoms with Crippen LogP contribution in [0.5, 0.6) is 0 Å². The van der Waals surface area contributed by atoms with Crippen molar-refractivity contribution in [3.05, 3.63) is 24.0 Å². The predicted octanol–water partition coefficient (Wildman–Crippen LogP) is 2.21. The minimum absolute atomic E-state index is 0.129. The van der Waals surface area contributed by atoms with Gasteiger partial charge in [-0.1, -0.05) is 0 Å². The van der Waals surface area contributed by atoms with E-state index in [1.165, 1.54) is 25.0 Å². The SMILES string of the molecule is CC(C)(C1CC1)n1nnnc1-c1ccc(N)c(F)c1. The van der Waals surface area contributed by atoms with E-state index in [9.17, 15) is 4.39 Å². The number of anilines is 1. The van der Waals surface area contributed by atoms with Crippen LogP contribution in [0.2, 0.25) is 0 Å². The van der Waals surface area contributed by atoms with Gasteiger partial charge < -0.3 is 5.73 Å². The van der Waals surface area contributed by atoms with Crippen LogP contribution in [-0.2, 0) is 5.54 Å². The summed E-state index contributed by atoms with van der Waals surface area (Å²) in [4.78, 5) is 0. The topological polar surface area (TPSA) is 69.6 Å². The number of nitrogen functional groups attached to an aromatic ring is 1. The summed E-state index contributed by atoms with van der Waals surface area (Å²) < 4.78 is 15.4. The molecule has 1 aliphatic carbocycles. The smallest absolute Gasteiger partial charge is 0.182 e. The molecular formula is C13H16FN5. The minimum atomic E-state index is -0.448. The molecule has 0 aliphatic heterocycles. The van der Waals surface area contributed by atoms with E-state index in [0.29, 0.717) is 17.3 Å². The molecule has 19 heavy (non-hydrogen) atoms. The highest BCUT2D eigenvalue weighted by molar-refractivity contribution is 5.59. The normalized spacial score (nSPS) is 15.7. The van der Waals surface area contributed by atoms with Gasteiger partial charge in [-0.2, -0.15) is 0 Å². The summed E-state index contributed by atoms with van der Waals surface area (Å²) in [6.45, 7) is 4.22. The summed E-state index contributed by atoms with van der Waals surface area (Å²) in [6, 6.07) is 4.65. The molecule has 0 unspecified atom stereocenters. The van der Waals surface area contributed by atoms with Gasteiger partial charge in [-0.3, -0.25) is 0 Å². The fourth-order valence-electron chi connectivity index (χ4n) is 2.38. The number of hydrogen-bond donors (Lipinski definition) is 1. The van der Waals surface area contributed by atoms with E-state index in [0.717, 1.165) is 0 Å². The van der Waals surface area contributed by atoms with Gasteiger partial charge in [0.1, 0.15) is 5.82 Å². The van der Waals surface area contributed by atoms with Crippen LogP contribution in [0.25, 0.3) is 11.4 Å². The van der Waals surface area contributed by atoms with Gasteiger partial charge in [-0.05, 0) is 61.2 Å². The zero-order chi connectivity index (χ0) is 13.6. The van der Waals surface area contributed by atoms with Crippen molar-refractivity contribution in [3.8, 4) is 11.4 Å². The van der Waals surface area contributed by atoms with Crippen LogP contribution in [0, 0.1) is 11.7 Å². The van der Waals surface area contributed by atoms with Gasteiger partial charge >= 0.3 is 0 Å². The summed E-state index contributed by atoms with van der Waals surface area (Å²) in [6.07, 6.45) is 2.37. The first kappa shape index (κ1) is 12.1. The van der Waals surface area contributed by atoms with Gasteiger partial charge in [-0.25, -0.2) is 9.07 Å². The van der Waals surface area contributed by atoms with Crippen LogP contribution in [0.15, 0.2) is 18.2 Å². The van der Waals surface area contributed by atoms with Crippen molar-refractivity contribution >= 4 is 5.69 Å². The first-order valence-corrected chi connectivity index (χ1v) is 6.34. The van der Waals surface area contributed by atoms with Crippen molar-refractivity contribution in [1.29, 1.82) is 0 Å². The third-order valence-corrected chi connectivity index (χ3v) is 3.85. The number of aromatic nitrogens is 4. The highest BCUT2D eigenvalue weighted by Gasteiger charge is 2.41. The Morgan fingerprint density at radius 1 is 1.37 bits per heavy atom. The standard InChI is InChI=1S/C13H16FN5/c1-13(2,9-4-5-9)19-12(16-17-18-19)8-3-6-11(15)10(14)7-8/h3,6-7,9H,4-5,15H2,1-2H3. The molecule has 0 bridgehead atoms. The van der Waals surface area contributed by atoms with Gasteiger partial charge in [0.25, 0.3) is 0 Å². The van der Waals surface area contributed by atoms with Gasteiger partial charge in [0, 0.05) is 5.56 Å². The summed E-state index contributed by atoms with van der Waals surface area (Å²) in [7, 11) is 0. The van der Waals surface area contributed by atoms with E-state index in [1.807, 2.05) is 0 Å². The quantitative estimate of drug-likeness (QED) is 0.860. The Kier molecular flexibility index (Phi) is 2.55. The zero-order valence-electron chi connectivity index (χ0n) is 11.0. The lowest BCUT2D eigenvalue weighted by molar-refractivity contribution is 0.271. The van der Waals surface area contributed by atoms with Crippen molar-refractivity contribution in [1.82, 2.24) is 20.2 Å². The lowest BCUT2D eigenvalue weighted by Gasteiger charge is -2.25. The largest absolute Gasteiger partial charge is 0.396 e. The monoisotopic (exact) mass is 261 g/mol. The molecule has 100 valence electrons. The molecule has 0 atom stereocenters. The molecular weight excluding hydrogens is 245 g/mol. The molecule has 5 nitrogen and oxygen atoms in total. The van der Waals surface area contributed by atoms with Crippen molar-refractivity contribution in [2.75, 3.05) is 5.73 Å². The number of halogens is 1. The Labute approximate surface area is 110 Å². The molecule has 1 saturated carbocycles. The minimum Gasteiger partial charge on any atom is -0.396 e. The molecule has 0 radical (unpaired) electrons. The third kappa shape index (κ3) is 1.97. The molecule has 1 aliphatic rings. The molecule has 1 heterocycles. The summed E-state index contributed by atoms with van der Waals surface area (Å²) >= 11 is 0. The van der Waals surface area contributed by atoms with E-state index in [2.05, 4.69) is 29.4 Å². The molecule has 0 saturated heterocycles. The van der Waals surface area contributed by atoms with E-state index in [-0.39, 0.29) is 11.2 Å². The maximum absolute atomic E-state index is 13.6. The van der Waals surface area contributed by atoms with Crippen LogP contribution >= 0.6 is 0 Å². The van der Waals surface area contributed by atoms with Crippen LogP contribution in [0.4, 0.5) is 10.1 Å². The summed E-state index contributed by atoms with van der Waals surface area (Å²) in [5.41, 5.74) is 6.11. The number of nitrogens with zero attached hydrogens (tertiary/aromatic N) is 4. The number of benzene rings is 1. The van der Waals surface area contributed by atoms with E-state index >= 15 is 0 Å². The molecule has 6 heteroatoms. The van der Waals surface area contributed by atoms with Crippen molar-refractivity contribution < 1.29 is 4.39 Å². The highest BCUT2D eigenvalue weighted by atomic mass is 19.1. The second-order valence-corrected chi connectivity index (χ2v) is 5.58. The first-order valence-electron chi connectivity index (χ1n) is 6.34. The molecule has 2 aromatic rings. The van der Waals surface area contributed by atoms with Crippen LogP contribution < -0.4 is 5.73 Å². The van der Waals surface area contributed by atoms with Gasteiger partial charge in [0.15, 0.2) is 5.82 Å². The Balaban J connectivity index is 2.06. The molecule has 2 N–H and O–H groups in total. The molecule has 3 rings (SSSR count). The fraction of sp³-hybridized carbons (Fsp3) is 0.462. The predicted molar refractivity (Wildman–Crippen MR) is 69.7 cm³/mol. The van der Waals surface area contributed by atoms with Crippen molar-refractivity contribution in [2.45, 2.75) is 32.2 Å². The summed E-state index contributed by atoms with van der Waals surface area (Å²) in [5, 5.41) is 11.8. The highest BCUT2D eigenvalue weighted by Crippen LogP contribution is 2.44. The Morgan fingerprint density at radius 2 is 2.11 bits per heavy atom. The second kappa shape index (κ2) is 4.01. The average Bonchev–Trinajstić information content (AvgIpc) is 3.11. The summed E-state index contributed by atoms with van der Waals surface area (Å²) in [5.74, 6) is 0.709. The van der Waals surface area contributed by atoms with E-state index < -0.39 is 5.82 Å². The van der Waals surface area contributed by atoms with E-state index in [1.54, 1.807) is 10.7 Å². The maximum atomic E-state index is 13.6.